The Labute approximate surface area is 119 Å². The first-order chi connectivity index (χ1) is 9.06. The summed E-state index contributed by atoms with van der Waals surface area (Å²) in [5, 5.41) is 4.45. The fourth-order valence-electron chi connectivity index (χ4n) is 1.72. The minimum absolute atomic E-state index is 0.500. The van der Waals surface area contributed by atoms with Crippen LogP contribution in [0, 0.1) is 6.92 Å². The molecule has 0 aliphatic heterocycles. The van der Waals surface area contributed by atoms with Crippen LogP contribution in [0.5, 0.6) is 0 Å². The zero-order chi connectivity index (χ0) is 13.8. The number of thiazole rings is 1. The maximum absolute atomic E-state index is 4.50. The molecule has 3 nitrogen and oxygen atoms in total. The minimum atomic E-state index is 0.500. The van der Waals surface area contributed by atoms with Gasteiger partial charge in [-0.2, -0.15) is 0 Å². The van der Waals surface area contributed by atoms with Crippen LogP contribution in [0.3, 0.4) is 0 Å². The number of nitrogens with zero attached hydrogens (tertiary/aromatic N) is 2. The number of hydrogen-bond donors (Lipinski definition) is 1. The maximum atomic E-state index is 4.50. The van der Waals surface area contributed by atoms with Gasteiger partial charge in [-0.05, 0) is 19.1 Å². The SMILES string of the molecule is Cc1ccc(N(C)c2ncc(CNC(C)C)s2)cc1. The number of hydrogen-bond acceptors (Lipinski definition) is 4. The van der Waals surface area contributed by atoms with Gasteiger partial charge in [0.05, 0.1) is 0 Å². The van der Waals surface area contributed by atoms with Crippen LogP contribution in [0.25, 0.3) is 0 Å². The average molecular weight is 275 g/mol. The Kier molecular flexibility index (Phi) is 4.56. The Hall–Kier alpha value is -1.39. The van der Waals surface area contributed by atoms with E-state index in [1.54, 1.807) is 11.3 Å². The summed E-state index contributed by atoms with van der Waals surface area (Å²) in [6.07, 6.45) is 1.96. The first-order valence-electron chi connectivity index (χ1n) is 6.55. The second-order valence-electron chi connectivity index (χ2n) is 5.04. The van der Waals surface area contributed by atoms with E-state index in [1.807, 2.05) is 6.20 Å². The van der Waals surface area contributed by atoms with E-state index in [9.17, 15) is 0 Å². The van der Waals surface area contributed by atoms with Crippen LogP contribution in [-0.4, -0.2) is 18.1 Å². The zero-order valence-corrected chi connectivity index (χ0v) is 12.8. The average Bonchev–Trinajstić information content (AvgIpc) is 2.85. The number of aromatic nitrogens is 1. The van der Waals surface area contributed by atoms with Gasteiger partial charge in [-0.25, -0.2) is 4.98 Å². The van der Waals surface area contributed by atoms with E-state index < -0.39 is 0 Å². The second kappa shape index (κ2) is 6.17. The van der Waals surface area contributed by atoms with E-state index in [0.717, 1.165) is 11.7 Å². The van der Waals surface area contributed by atoms with Gasteiger partial charge in [0.1, 0.15) is 0 Å². The molecular weight excluding hydrogens is 254 g/mol. The first kappa shape index (κ1) is 14.0. The number of aryl methyl sites for hydroxylation is 1. The molecular formula is C15H21N3S. The van der Waals surface area contributed by atoms with E-state index in [1.165, 1.54) is 16.1 Å². The molecule has 0 spiro atoms. The Morgan fingerprint density at radius 2 is 1.95 bits per heavy atom. The molecule has 2 aromatic rings. The lowest BCUT2D eigenvalue weighted by molar-refractivity contribution is 0.593. The molecule has 0 saturated heterocycles. The zero-order valence-electron chi connectivity index (χ0n) is 12.0. The van der Waals surface area contributed by atoms with Crippen molar-refractivity contribution in [3.8, 4) is 0 Å². The van der Waals surface area contributed by atoms with Crippen molar-refractivity contribution in [1.82, 2.24) is 10.3 Å². The van der Waals surface area contributed by atoms with Crippen LogP contribution in [0.15, 0.2) is 30.5 Å². The summed E-state index contributed by atoms with van der Waals surface area (Å²) in [4.78, 5) is 7.89. The predicted molar refractivity (Wildman–Crippen MR) is 83.3 cm³/mol. The van der Waals surface area contributed by atoms with Gasteiger partial charge in [-0.3, -0.25) is 0 Å². The molecule has 0 unspecified atom stereocenters. The smallest absolute Gasteiger partial charge is 0.189 e. The topological polar surface area (TPSA) is 28.2 Å². The van der Waals surface area contributed by atoms with Gasteiger partial charge in [0, 0.05) is 36.4 Å². The highest BCUT2D eigenvalue weighted by Crippen LogP contribution is 2.28. The summed E-state index contributed by atoms with van der Waals surface area (Å²) in [5.41, 5.74) is 2.45. The third-order valence-corrected chi connectivity index (χ3v) is 4.01. The molecule has 102 valence electrons. The molecule has 1 N–H and O–H groups in total. The Balaban J connectivity index is 2.07. The second-order valence-corrected chi connectivity index (χ2v) is 6.13. The summed E-state index contributed by atoms with van der Waals surface area (Å²) in [6.45, 7) is 7.29. The molecule has 0 fully saturated rings. The molecule has 0 aliphatic rings. The Morgan fingerprint density at radius 3 is 2.58 bits per heavy atom. The molecule has 1 aromatic carbocycles. The van der Waals surface area contributed by atoms with Crippen LogP contribution in [0.4, 0.5) is 10.8 Å². The highest BCUT2D eigenvalue weighted by molar-refractivity contribution is 7.15. The summed E-state index contributed by atoms with van der Waals surface area (Å²) in [6, 6.07) is 9.01. The summed E-state index contributed by atoms with van der Waals surface area (Å²) in [7, 11) is 2.06. The Bertz CT molecular complexity index is 516. The van der Waals surface area contributed by atoms with Crippen LogP contribution in [-0.2, 0) is 6.54 Å². The molecule has 0 atom stereocenters. The molecule has 0 radical (unpaired) electrons. The van der Waals surface area contributed by atoms with Crippen LogP contribution in [0.2, 0.25) is 0 Å². The van der Waals surface area contributed by atoms with E-state index in [4.69, 9.17) is 0 Å². The van der Waals surface area contributed by atoms with Gasteiger partial charge >= 0.3 is 0 Å². The van der Waals surface area contributed by atoms with Gasteiger partial charge in [0.15, 0.2) is 5.13 Å². The monoisotopic (exact) mass is 275 g/mol. The Morgan fingerprint density at radius 1 is 1.26 bits per heavy atom. The van der Waals surface area contributed by atoms with E-state index in [-0.39, 0.29) is 0 Å². The number of benzene rings is 1. The van der Waals surface area contributed by atoms with E-state index in [0.29, 0.717) is 6.04 Å². The summed E-state index contributed by atoms with van der Waals surface area (Å²) < 4.78 is 0. The first-order valence-corrected chi connectivity index (χ1v) is 7.36. The lowest BCUT2D eigenvalue weighted by Crippen LogP contribution is -2.21. The molecule has 19 heavy (non-hydrogen) atoms. The van der Waals surface area contributed by atoms with Gasteiger partial charge < -0.3 is 10.2 Å². The molecule has 4 heteroatoms. The quantitative estimate of drug-likeness (QED) is 0.901. The van der Waals surface area contributed by atoms with Gasteiger partial charge in [0.25, 0.3) is 0 Å². The fourth-order valence-corrected chi connectivity index (χ4v) is 2.56. The van der Waals surface area contributed by atoms with Crippen molar-refractivity contribution in [2.75, 3.05) is 11.9 Å². The molecule has 2 rings (SSSR count). The largest absolute Gasteiger partial charge is 0.321 e. The number of nitrogens with one attached hydrogen (secondary N) is 1. The number of rotatable bonds is 5. The van der Waals surface area contributed by atoms with Crippen LogP contribution >= 0.6 is 11.3 Å². The normalized spacial score (nSPS) is 11.0. The van der Waals surface area contributed by atoms with Crippen molar-refractivity contribution in [2.24, 2.45) is 0 Å². The van der Waals surface area contributed by atoms with Gasteiger partial charge in [-0.1, -0.05) is 31.5 Å². The summed E-state index contributed by atoms with van der Waals surface area (Å²) >= 11 is 1.73. The van der Waals surface area contributed by atoms with Crippen LogP contribution in [0.1, 0.15) is 24.3 Å². The molecule has 0 amide bonds. The van der Waals surface area contributed by atoms with Crippen LogP contribution < -0.4 is 10.2 Å². The standard InChI is InChI=1S/C15H21N3S/c1-11(2)16-9-14-10-17-15(19-14)18(4)13-7-5-12(3)6-8-13/h5-8,10-11,16H,9H2,1-4H3. The van der Waals surface area contributed by atoms with Gasteiger partial charge in [-0.15, -0.1) is 11.3 Å². The van der Waals surface area contributed by atoms with Crippen molar-refractivity contribution >= 4 is 22.2 Å². The fraction of sp³-hybridized carbons (Fsp3) is 0.400. The molecule has 0 bridgehead atoms. The molecule has 0 saturated carbocycles. The third-order valence-electron chi connectivity index (χ3n) is 2.93. The molecule has 1 aromatic heterocycles. The highest BCUT2D eigenvalue weighted by Gasteiger charge is 2.09. The van der Waals surface area contributed by atoms with Crippen molar-refractivity contribution in [3.63, 3.8) is 0 Å². The van der Waals surface area contributed by atoms with Crippen molar-refractivity contribution in [1.29, 1.82) is 0 Å². The third kappa shape index (κ3) is 3.78. The maximum Gasteiger partial charge on any atom is 0.189 e. The minimum Gasteiger partial charge on any atom is -0.321 e. The lowest BCUT2D eigenvalue weighted by Gasteiger charge is -2.15. The van der Waals surface area contributed by atoms with E-state index >= 15 is 0 Å². The lowest BCUT2D eigenvalue weighted by atomic mass is 10.2. The van der Waals surface area contributed by atoms with Crippen molar-refractivity contribution in [3.05, 3.63) is 40.9 Å². The molecule has 1 heterocycles. The molecule has 0 aliphatic carbocycles. The highest BCUT2D eigenvalue weighted by atomic mass is 32.1. The van der Waals surface area contributed by atoms with Gasteiger partial charge in [0.2, 0.25) is 0 Å². The van der Waals surface area contributed by atoms with E-state index in [2.05, 4.69) is 67.3 Å². The summed E-state index contributed by atoms with van der Waals surface area (Å²) in [5.74, 6) is 0. The van der Waals surface area contributed by atoms with Crippen molar-refractivity contribution in [2.45, 2.75) is 33.4 Å². The predicted octanol–water partition coefficient (Wildman–Crippen LogP) is 3.72. The number of anilines is 2. The van der Waals surface area contributed by atoms with Crippen molar-refractivity contribution < 1.29 is 0 Å².